The Bertz CT molecular complexity index is 573. The van der Waals surface area contributed by atoms with Gasteiger partial charge in [0.15, 0.2) is 5.82 Å². The Morgan fingerprint density at radius 2 is 2.33 bits per heavy atom. The summed E-state index contributed by atoms with van der Waals surface area (Å²) in [6.45, 7) is 3.18. The fraction of sp³-hybridized carbons (Fsp3) is 0.417. The molecule has 0 bridgehead atoms. The van der Waals surface area contributed by atoms with E-state index in [2.05, 4.69) is 22.0 Å². The molecular formula is C12H16N4O2. The molecule has 2 heterocycles. The zero-order chi connectivity index (χ0) is 13.0. The number of aromatic nitrogens is 4. The average molecular weight is 248 g/mol. The summed E-state index contributed by atoms with van der Waals surface area (Å²) in [6, 6.07) is 3.28. The molecule has 0 saturated carbocycles. The molecule has 0 amide bonds. The maximum atomic E-state index is 11.6. The zero-order valence-electron chi connectivity index (χ0n) is 10.5. The number of nitrogens with one attached hydrogen (secondary N) is 1. The first-order chi connectivity index (χ1) is 8.74. The fourth-order valence-electron chi connectivity index (χ4n) is 1.77. The molecule has 0 atom stereocenters. The first-order valence-corrected chi connectivity index (χ1v) is 5.86. The normalized spacial score (nSPS) is 10.8. The maximum Gasteiger partial charge on any atom is 0.251 e. The molecule has 0 unspecified atom stereocenters. The van der Waals surface area contributed by atoms with Crippen LogP contribution in [0.4, 0.5) is 0 Å². The van der Waals surface area contributed by atoms with Gasteiger partial charge in [-0.05, 0) is 12.5 Å². The predicted molar refractivity (Wildman–Crippen MR) is 67.1 cm³/mol. The van der Waals surface area contributed by atoms with Gasteiger partial charge in [-0.1, -0.05) is 6.92 Å². The third-order valence-electron chi connectivity index (χ3n) is 2.48. The van der Waals surface area contributed by atoms with Gasteiger partial charge in [-0.3, -0.25) is 9.48 Å². The van der Waals surface area contributed by atoms with Crippen molar-refractivity contribution in [3.8, 4) is 11.5 Å². The van der Waals surface area contributed by atoms with Crippen LogP contribution in [0.3, 0.4) is 0 Å². The van der Waals surface area contributed by atoms with E-state index in [4.69, 9.17) is 4.74 Å². The summed E-state index contributed by atoms with van der Waals surface area (Å²) in [4.78, 5) is 18.7. The van der Waals surface area contributed by atoms with Crippen molar-refractivity contribution in [1.29, 1.82) is 0 Å². The highest BCUT2D eigenvalue weighted by Gasteiger charge is 2.09. The molecule has 0 fully saturated rings. The lowest BCUT2D eigenvalue weighted by Crippen LogP contribution is -2.13. The van der Waals surface area contributed by atoms with Crippen LogP contribution in [-0.4, -0.2) is 26.9 Å². The lowest BCUT2D eigenvalue weighted by atomic mass is 10.3. The minimum Gasteiger partial charge on any atom is -0.378 e. The number of ether oxygens (including phenoxy) is 1. The predicted octanol–water partition coefficient (Wildman–Crippen LogP) is 1.19. The first-order valence-electron chi connectivity index (χ1n) is 5.86. The van der Waals surface area contributed by atoms with E-state index in [1.54, 1.807) is 13.3 Å². The third kappa shape index (κ3) is 2.65. The highest BCUT2D eigenvalue weighted by molar-refractivity contribution is 5.48. The summed E-state index contributed by atoms with van der Waals surface area (Å²) in [7, 11) is 1.57. The summed E-state index contributed by atoms with van der Waals surface area (Å²) in [5.41, 5.74) is 1.24. The molecule has 2 aromatic heterocycles. The number of aromatic amines is 1. The SMILES string of the molecule is CCCn1nccc1-c1nc(COC)cc(=O)[nH]1. The molecule has 0 spiro atoms. The summed E-state index contributed by atoms with van der Waals surface area (Å²) in [5.74, 6) is 0.528. The average Bonchev–Trinajstić information content (AvgIpc) is 2.77. The molecule has 0 aliphatic carbocycles. The topological polar surface area (TPSA) is 72.8 Å². The van der Waals surface area contributed by atoms with Gasteiger partial charge < -0.3 is 9.72 Å². The van der Waals surface area contributed by atoms with Crippen LogP contribution in [0, 0.1) is 0 Å². The second-order valence-electron chi connectivity index (χ2n) is 3.96. The molecule has 0 aliphatic heterocycles. The number of hydrogen-bond acceptors (Lipinski definition) is 4. The summed E-state index contributed by atoms with van der Waals surface area (Å²) >= 11 is 0. The van der Waals surface area contributed by atoms with Crippen molar-refractivity contribution in [2.45, 2.75) is 26.5 Å². The Morgan fingerprint density at radius 3 is 3.06 bits per heavy atom. The molecule has 18 heavy (non-hydrogen) atoms. The number of rotatable bonds is 5. The largest absolute Gasteiger partial charge is 0.378 e. The van der Waals surface area contributed by atoms with E-state index in [1.807, 2.05) is 10.7 Å². The van der Waals surface area contributed by atoms with Crippen molar-refractivity contribution in [1.82, 2.24) is 19.7 Å². The van der Waals surface area contributed by atoms with Crippen LogP contribution >= 0.6 is 0 Å². The Balaban J connectivity index is 2.43. The van der Waals surface area contributed by atoms with E-state index in [0.717, 1.165) is 18.7 Å². The van der Waals surface area contributed by atoms with E-state index < -0.39 is 0 Å². The standard InChI is InChI=1S/C12H16N4O2/c1-3-6-16-10(4-5-13-16)12-14-9(8-18-2)7-11(17)15-12/h4-5,7H,3,6,8H2,1-2H3,(H,14,15,17). The quantitative estimate of drug-likeness (QED) is 0.862. The van der Waals surface area contributed by atoms with Crippen LogP contribution in [0.25, 0.3) is 11.5 Å². The molecule has 1 N–H and O–H groups in total. The Labute approximate surface area is 105 Å². The van der Waals surface area contributed by atoms with Gasteiger partial charge in [0, 0.05) is 25.9 Å². The van der Waals surface area contributed by atoms with E-state index >= 15 is 0 Å². The van der Waals surface area contributed by atoms with Crippen LogP contribution in [-0.2, 0) is 17.9 Å². The monoisotopic (exact) mass is 248 g/mol. The van der Waals surface area contributed by atoms with Crippen LogP contribution < -0.4 is 5.56 Å². The van der Waals surface area contributed by atoms with Crippen LogP contribution in [0.5, 0.6) is 0 Å². The molecule has 6 heteroatoms. The van der Waals surface area contributed by atoms with Gasteiger partial charge in [0.05, 0.1) is 12.3 Å². The molecule has 2 rings (SSSR count). The van der Waals surface area contributed by atoms with E-state index in [1.165, 1.54) is 6.07 Å². The van der Waals surface area contributed by atoms with Gasteiger partial charge in [-0.15, -0.1) is 0 Å². The summed E-state index contributed by atoms with van der Waals surface area (Å²) in [6.07, 6.45) is 2.67. The lowest BCUT2D eigenvalue weighted by molar-refractivity contribution is 0.181. The molecular weight excluding hydrogens is 232 g/mol. The number of hydrogen-bond donors (Lipinski definition) is 1. The number of nitrogens with zero attached hydrogens (tertiary/aromatic N) is 3. The number of H-pyrrole nitrogens is 1. The molecule has 0 aliphatic rings. The van der Waals surface area contributed by atoms with Crippen LogP contribution in [0.15, 0.2) is 23.1 Å². The fourth-order valence-corrected chi connectivity index (χ4v) is 1.77. The Kier molecular flexibility index (Phi) is 3.88. The van der Waals surface area contributed by atoms with Crippen molar-refractivity contribution in [3.05, 3.63) is 34.4 Å². The molecule has 2 aromatic rings. The minimum absolute atomic E-state index is 0.184. The lowest BCUT2D eigenvalue weighted by Gasteiger charge is -2.06. The van der Waals surface area contributed by atoms with E-state index in [-0.39, 0.29) is 5.56 Å². The second kappa shape index (κ2) is 5.59. The van der Waals surface area contributed by atoms with Gasteiger partial charge in [-0.2, -0.15) is 5.10 Å². The molecule has 6 nitrogen and oxygen atoms in total. The highest BCUT2D eigenvalue weighted by atomic mass is 16.5. The van der Waals surface area contributed by atoms with Crippen molar-refractivity contribution in [2.24, 2.45) is 0 Å². The minimum atomic E-state index is -0.184. The van der Waals surface area contributed by atoms with E-state index in [0.29, 0.717) is 18.1 Å². The molecule has 0 aromatic carbocycles. The summed E-state index contributed by atoms with van der Waals surface area (Å²) in [5, 5.41) is 4.21. The van der Waals surface area contributed by atoms with Crippen molar-refractivity contribution in [2.75, 3.05) is 7.11 Å². The third-order valence-corrected chi connectivity index (χ3v) is 2.48. The molecule has 0 radical (unpaired) electrons. The highest BCUT2D eigenvalue weighted by Crippen LogP contribution is 2.13. The van der Waals surface area contributed by atoms with Gasteiger partial charge in [0.25, 0.3) is 5.56 Å². The van der Waals surface area contributed by atoms with E-state index in [9.17, 15) is 4.79 Å². The van der Waals surface area contributed by atoms with Gasteiger partial charge in [0.2, 0.25) is 0 Å². The van der Waals surface area contributed by atoms with Crippen molar-refractivity contribution < 1.29 is 4.74 Å². The number of aryl methyl sites for hydroxylation is 1. The van der Waals surface area contributed by atoms with Gasteiger partial charge in [-0.25, -0.2) is 4.98 Å². The Hall–Kier alpha value is -1.95. The number of methoxy groups -OCH3 is 1. The van der Waals surface area contributed by atoms with Crippen molar-refractivity contribution in [3.63, 3.8) is 0 Å². The Morgan fingerprint density at radius 1 is 1.50 bits per heavy atom. The second-order valence-corrected chi connectivity index (χ2v) is 3.96. The van der Waals surface area contributed by atoms with Crippen LogP contribution in [0.2, 0.25) is 0 Å². The van der Waals surface area contributed by atoms with Gasteiger partial charge >= 0.3 is 0 Å². The maximum absolute atomic E-state index is 11.6. The van der Waals surface area contributed by atoms with Gasteiger partial charge in [0.1, 0.15) is 5.69 Å². The molecule has 96 valence electrons. The van der Waals surface area contributed by atoms with Crippen molar-refractivity contribution >= 4 is 0 Å². The van der Waals surface area contributed by atoms with Crippen LogP contribution in [0.1, 0.15) is 19.0 Å². The first kappa shape index (κ1) is 12.5. The smallest absolute Gasteiger partial charge is 0.251 e. The summed E-state index contributed by atoms with van der Waals surface area (Å²) < 4.78 is 6.82. The zero-order valence-corrected chi connectivity index (χ0v) is 10.5. The molecule has 0 saturated heterocycles.